The van der Waals surface area contributed by atoms with Crippen LogP contribution in [0.3, 0.4) is 0 Å². The Kier molecular flexibility index (Phi) is 3.47. The van der Waals surface area contributed by atoms with Crippen molar-refractivity contribution in [1.82, 2.24) is 0 Å². The molecule has 2 N–H and O–H groups in total. The van der Waals surface area contributed by atoms with Crippen molar-refractivity contribution in [3.05, 3.63) is 23.8 Å². The van der Waals surface area contributed by atoms with E-state index in [-0.39, 0.29) is 17.9 Å². The van der Waals surface area contributed by atoms with Crippen LogP contribution in [0.25, 0.3) is 0 Å². The molecule has 3 nitrogen and oxygen atoms in total. The fourth-order valence-electron chi connectivity index (χ4n) is 1.44. The Balaban J connectivity index is 0.00000112. The molecule has 15 heavy (non-hydrogen) atoms. The summed E-state index contributed by atoms with van der Waals surface area (Å²) in [4.78, 5) is 0. The lowest BCUT2D eigenvalue weighted by molar-refractivity contribution is 0.171. The number of fused-ring (bicyclic) bond motifs is 1. The van der Waals surface area contributed by atoms with E-state index in [2.05, 4.69) is 0 Å². The molecule has 1 heterocycles. The summed E-state index contributed by atoms with van der Waals surface area (Å²) < 4.78 is 10.9. The van der Waals surface area contributed by atoms with Gasteiger partial charge in [0.1, 0.15) is 13.2 Å². The molecule has 0 bridgehead atoms. The topological polar surface area (TPSA) is 44.5 Å². The predicted molar refractivity (Wildman–Crippen MR) is 61.9 cm³/mol. The van der Waals surface area contributed by atoms with Gasteiger partial charge in [0.05, 0.1) is 0 Å². The smallest absolute Gasteiger partial charge is 0.161 e. The second-order valence-electron chi connectivity index (χ2n) is 4.08. The second-order valence-corrected chi connectivity index (χ2v) is 4.08. The van der Waals surface area contributed by atoms with Gasteiger partial charge in [0.2, 0.25) is 0 Å². The first-order valence-electron chi connectivity index (χ1n) is 4.76. The highest BCUT2D eigenvalue weighted by Gasteiger charge is 2.18. The molecule has 0 fully saturated rings. The quantitative estimate of drug-likeness (QED) is 0.802. The van der Waals surface area contributed by atoms with Gasteiger partial charge in [-0.25, -0.2) is 0 Å². The van der Waals surface area contributed by atoms with Crippen LogP contribution in [0.15, 0.2) is 18.2 Å². The highest BCUT2D eigenvalue weighted by Crippen LogP contribution is 2.33. The first kappa shape index (κ1) is 12.1. The first-order chi connectivity index (χ1) is 6.57. The van der Waals surface area contributed by atoms with E-state index in [1.165, 1.54) is 0 Å². The average molecular weight is 230 g/mol. The number of rotatable bonds is 1. The van der Waals surface area contributed by atoms with Gasteiger partial charge >= 0.3 is 0 Å². The van der Waals surface area contributed by atoms with Crippen LogP contribution in [0, 0.1) is 0 Å². The van der Waals surface area contributed by atoms with Gasteiger partial charge in [0.25, 0.3) is 0 Å². The van der Waals surface area contributed by atoms with E-state index < -0.39 is 0 Å². The Morgan fingerprint density at radius 2 is 1.73 bits per heavy atom. The molecule has 1 aromatic carbocycles. The van der Waals surface area contributed by atoms with Crippen molar-refractivity contribution in [2.45, 2.75) is 19.4 Å². The monoisotopic (exact) mass is 229 g/mol. The summed E-state index contributed by atoms with van der Waals surface area (Å²) in [6.45, 7) is 5.18. The fraction of sp³-hybridized carbons (Fsp3) is 0.455. The minimum absolute atomic E-state index is 0. The van der Waals surface area contributed by atoms with Gasteiger partial charge in [-0.05, 0) is 31.5 Å². The third-order valence-electron chi connectivity index (χ3n) is 2.29. The third-order valence-corrected chi connectivity index (χ3v) is 2.29. The molecule has 0 unspecified atom stereocenters. The SMILES string of the molecule is CC(C)(N)c1ccc2c(c1)OCCO2.Cl. The predicted octanol–water partition coefficient (Wildman–Crippen LogP) is 2.07. The molecule has 0 aromatic heterocycles. The van der Waals surface area contributed by atoms with E-state index in [0.717, 1.165) is 17.1 Å². The Bertz CT molecular complexity index is 347. The zero-order valence-electron chi connectivity index (χ0n) is 8.95. The van der Waals surface area contributed by atoms with Gasteiger partial charge in [0.15, 0.2) is 11.5 Å². The normalized spacial score (nSPS) is 14.3. The van der Waals surface area contributed by atoms with Gasteiger partial charge in [-0.1, -0.05) is 6.07 Å². The molecule has 0 atom stereocenters. The van der Waals surface area contributed by atoms with Crippen LogP contribution in [-0.2, 0) is 5.54 Å². The van der Waals surface area contributed by atoms with E-state index in [9.17, 15) is 0 Å². The molecule has 1 aliphatic rings. The molecule has 84 valence electrons. The molecule has 0 saturated heterocycles. The average Bonchev–Trinajstić information content (AvgIpc) is 2.16. The summed E-state index contributed by atoms with van der Waals surface area (Å²) in [5.41, 5.74) is 6.71. The van der Waals surface area contributed by atoms with Crippen LogP contribution in [-0.4, -0.2) is 13.2 Å². The minimum Gasteiger partial charge on any atom is -0.486 e. The fourth-order valence-corrected chi connectivity index (χ4v) is 1.44. The molecule has 2 rings (SSSR count). The van der Waals surface area contributed by atoms with Crippen LogP contribution in [0.5, 0.6) is 11.5 Å². The summed E-state index contributed by atoms with van der Waals surface area (Å²) in [6, 6.07) is 5.85. The van der Waals surface area contributed by atoms with E-state index in [4.69, 9.17) is 15.2 Å². The molecular formula is C11H16ClNO2. The van der Waals surface area contributed by atoms with Crippen LogP contribution < -0.4 is 15.2 Å². The number of nitrogens with two attached hydrogens (primary N) is 1. The lowest BCUT2D eigenvalue weighted by atomic mass is 9.95. The van der Waals surface area contributed by atoms with Gasteiger partial charge in [-0.3, -0.25) is 0 Å². The van der Waals surface area contributed by atoms with Gasteiger partial charge < -0.3 is 15.2 Å². The number of ether oxygens (including phenoxy) is 2. The lowest BCUT2D eigenvalue weighted by Crippen LogP contribution is -2.28. The minimum atomic E-state index is -0.337. The molecule has 0 amide bonds. The van der Waals surface area contributed by atoms with Crippen molar-refractivity contribution < 1.29 is 9.47 Å². The van der Waals surface area contributed by atoms with Gasteiger partial charge in [-0.2, -0.15) is 0 Å². The molecule has 0 aliphatic carbocycles. The Labute approximate surface area is 96.0 Å². The van der Waals surface area contributed by atoms with E-state index in [0.29, 0.717) is 13.2 Å². The molecule has 4 heteroatoms. The number of benzene rings is 1. The highest BCUT2D eigenvalue weighted by atomic mass is 35.5. The van der Waals surface area contributed by atoms with Crippen LogP contribution in [0.4, 0.5) is 0 Å². The largest absolute Gasteiger partial charge is 0.486 e. The summed E-state index contributed by atoms with van der Waals surface area (Å²) in [7, 11) is 0. The molecular weight excluding hydrogens is 214 g/mol. The number of hydrogen-bond donors (Lipinski definition) is 1. The maximum Gasteiger partial charge on any atom is 0.161 e. The number of halogens is 1. The Morgan fingerprint density at radius 1 is 1.13 bits per heavy atom. The first-order valence-corrected chi connectivity index (χ1v) is 4.76. The summed E-state index contributed by atoms with van der Waals surface area (Å²) >= 11 is 0. The van der Waals surface area contributed by atoms with Crippen molar-refractivity contribution in [3.8, 4) is 11.5 Å². The highest BCUT2D eigenvalue weighted by molar-refractivity contribution is 5.85. The zero-order valence-corrected chi connectivity index (χ0v) is 9.76. The summed E-state index contributed by atoms with van der Waals surface area (Å²) in [5, 5.41) is 0. The standard InChI is InChI=1S/C11H15NO2.ClH/c1-11(2,12)8-3-4-9-10(7-8)14-6-5-13-9;/h3-4,7H,5-6,12H2,1-2H3;1H. The van der Waals surface area contributed by atoms with Gasteiger partial charge in [-0.15, -0.1) is 12.4 Å². The van der Waals surface area contributed by atoms with E-state index >= 15 is 0 Å². The molecule has 0 saturated carbocycles. The molecule has 0 radical (unpaired) electrons. The third kappa shape index (κ3) is 2.55. The maximum atomic E-state index is 5.99. The molecule has 1 aliphatic heterocycles. The van der Waals surface area contributed by atoms with Crippen molar-refractivity contribution in [2.75, 3.05) is 13.2 Å². The zero-order chi connectivity index (χ0) is 10.2. The Hall–Kier alpha value is -0.930. The lowest BCUT2D eigenvalue weighted by Gasteiger charge is -2.23. The van der Waals surface area contributed by atoms with Crippen molar-refractivity contribution in [2.24, 2.45) is 5.73 Å². The van der Waals surface area contributed by atoms with E-state index in [1.54, 1.807) is 0 Å². The van der Waals surface area contributed by atoms with Crippen LogP contribution in [0.1, 0.15) is 19.4 Å². The maximum absolute atomic E-state index is 5.99. The van der Waals surface area contributed by atoms with Crippen molar-refractivity contribution in [1.29, 1.82) is 0 Å². The van der Waals surface area contributed by atoms with Gasteiger partial charge in [0, 0.05) is 5.54 Å². The van der Waals surface area contributed by atoms with Crippen molar-refractivity contribution in [3.63, 3.8) is 0 Å². The molecule has 0 spiro atoms. The second kappa shape index (κ2) is 4.29. The Morgan fingerprint density at radius 3 is 2.33 bits per heavy atom. The van der Waals surface area contributed by atoms with Crippen LogP contribution >= 0.6 is 12.4 Å². The summed E-state index contributed by atoms with van der Waals surface area (Å²) in [5.74, 6) is 1.61. The van der Waals surface area contributed by atoms with Crippen LogP contribution in [0.2, 0.25) is 0 Å². The summed E-state index contributed by atoms with van der Waals surface area (Å²) in [6.07, 6.45) is 0. The number of hydrogen-bond acceptors (Lipinski definition) is 3. The molecule has 1 aromatic rings. The van der Waals surface area contributed by atoms with Crippen molar-refractivity contribution >= 4 is 12.4 Å². The van der Waals surface area contributed by atoms with E-state index in [1.807, 2.05) is 32.0 Å².